The summed E-state index contributed by atoms with van der Waals surface area (Å²) >= 11 is 12.0. The van der Waals surface area contributed by atoms with Gasteiger partial charge in [-0.25, -0.2) is 0 Å². The Labute approximate surface area is 170 Å². The van der Waals surface area contributed by atoms with Crippen LogP contribution in [0, 0.1) is 0 Å². The Morgan fingerprint density at radius 1 is 1.00 bits per heavy atom. The van der Waals surface area contributed by atoms with E-state index in [-0.39, 0.29) is 5.91 Å². The molecule has 144 valence electrons. The molecule has 1 saturated heterocycles. The highest BCUT2D eigenvalue weighted by molar-refractivity contribution is 6.34. The molecule has 1 heterocycles. The van der Waals surface area contributed by atoms with Crippen molar-refractivity contribution in [2.75, 3.05) is 26.2 Å². The second-order valence-electron chi connectivity index (χ2n) is 6.75. The van der Waals surface area contributed by atoms with Crippen LogP contribution in [0.1, 0.15) is 36.0 Å². The van der Waals surface area contributed by atoms with E-state index in [2.05, 4.69) is 10.2 Å². The first-order chi connectivity index (χ1) is 13.1. The Morgan fingerprint density at radius 2 is 1.74 bits per heavy atom. The second-order valence-corrected chi connectivity index (χ2v) is 7.62. The molecule has 0 bridgehead atoms. The summed E-state index contributed by atoms with van der Waals surface area (Å²) in [6.45, 7) is 4.07. The van der Waals surface area contributed by atoms with Gasteiger partial charge in [-0.1, -0.05) is 35.7 Å². The number of halogens is 2. The van der Waals surface area contributed by atoms with Crippen LogP contribution in [0.15, 0.2) is 42.5 Å². The van der Waals surface area contributed by atoms with E-state index >= 15 is 0 Å². The van der Waals surface area contributed by atoms with Crippen LogP contribution < -0.4 is 10.1 Å². The summed E-state index contributed by atoms with van der Waals surface area (Å²) in [6.07, 6.45) is 4.88. The van der Waals surface area contributed by atoms with Crippen molar-refractivity contribution < 1.29 is 9.53 Å². The summed E-state index contributed by atoms with van der Waals surface area (Å²) < 4.78 is 5.78. The molecule has 1 N–H and O–H groups in total. The molecule has 0 spiro atoms. The van der Waals surface area contributed by atoms with Crippen LogP contribution in [0.5, 0.6) is 11.5 Å². The number of nitrogens with zero attached hydrogens (tertiary/aromatic N) is 1. The zero-order valence-corrected chi connectivity index (χ0v) is 16.7. The van der Waals surface area contributed by atoms with Crippen LogP contribution in [0.2, 0.25) is 10.0 Å². The van der Waals surface area contributed by atoms with E-state index in [1.807, 2.05) is 0 Å². The van der Waals surface area contributed by atoms with Crippen LogP contribution in [0.3, 0.4) is 0 Å². The van der Waals surface area contributed by atoms with Crippen LogP contribution in [0.25, 0.3) is 0 Å². The first-order valence-corrected chi connectivity index (χ1v) is 10.1. The van der Waals surface area contributed by atoms with Gasteiger partial charge in [0.15, 0.2) is 0 Å². The normalized spacial score (nSPS) is 14.7. The first-order valence-electron chi connectivity index (χ1n) is 9.35. The molecule has 3 rings (SSSR count). The van der Waals surface area contributed by atoms with Gasteiger partial charge in [0.1, 0.15) is 11.5 Å². The van der Waals surface area contributed by atoms with Gasteiger partial charge in [0.2, 0.25) is 0 Å². The highest BCUT2D eigenvalue weighted by atomic mass is 35.5. The molecule has 1 aliphatic heterocycles. The Bertz CT molecular complexity index is 756. The molecule has 1 aliphatic rings. The highest BCUT2D eigenvalue weighted by Gasteiger charge is 2.10. The lowest BCUT2D eigenvalue weighted by Crippen LogP contribution is -2.33. The fraction of sp³-hybridized carbons (Fsp3) is 0.381. The highest BCUT2D eigenvalue weighted by Crippen LogP contribution is 2.28. The smallest absolute Gasteiger partial charge is 0.251 e. The molecular weight excluding hydrogens is 383 g/mol. The summed E-state index contributed by atoms with van der Waals surface area (Å²) in [5, 5.41) is 3.98. The van der Waals surface area contributed by atoms with Crippen molar-refractivity contribution in [3.63, 3.8) is 0 Å². The van der Waals surface area contributed by atoms with Gasteiger partial charge >= 0.3 is 0 Å². The number of amides is 1. The lowest BCUT2D eigenvalue weighted by atomic mass is 10.1. The van der Waals surface area contributed by atoms with Gasteiger partial charge in [-0.2, -0.15) is 0 Å². The maximum absolute atomic E-state index is 12.4. The summed E-state index contributed by atoms with van der Waals surface area (Å²) in [5.74, 6) is 1.00. The molecule has 2 aromatic rings. The largest absolute Gasteiger partial charge is 0.457 e. The van der Waals surface area contributed by atoms with E-state index < -0.39 is 0 Å². The molecule has 0 aliphatic carbocycles. The van der Waals surface area contributed by atoms with Crippen molar-refractivity contribution >= 4 is 29.1 Å². The fourth-order valence-electron chi connectivity index (χ4n) is 3.21. The summed E-state index contributed by atoms with van der Waals surface area (Å²) in [6, 6.07) is 12.1. The maximum Gasteiger partial charge on any atom is 0.251 e. The first kappa shape index (κ1) is 20.0. The van der Waals surface area contributed by atoms with E-state index in [4.69, 9.17) is 27.9 Å². The number of rotatable bonds is 7. The van der Waals surface area contributed by atoms with Gasteiger partial charge in [-0.3, -0.25) is 4.79 Å². The average Bonchev–Trinajstić information content (AvgIpc) is 2.65. The number of piperidine rings is 1. The molecule has 27 heavy (non-hydrogen) atoms. The number of hydrogen-bond donors (Lipinski definition) is 1. The van der Waals surface area contributed by atoms with Crippen molar-refractivity contribution in [1.82, 2.24) is 10.2 Å². The lowest BCUT2D eigenvalue weighted by Gasteiger charge is -2.26. The van der Waals surface area contributed by atoms with Crippen molar-refractivity contribution in [3.05, 3.63) is 58.1 Å². The van der Waals surface area contributed by atoms with Gasteiger partial charge in [0.05, 0.1) is 0 Å². The van der Waals surface area contributed by atoms with Crippen molar-refractivity contribution in [1.29, 1.82) is 0 Å². The van der Waals surface area contributed by atoms with E-state index in [1.165, 1.54) is 32.4 Å². The zero-order valence-electron chi connectivity index (χ0n) is 15.2. The van der Waals surface area contributed by atoms with Crippen molar-refractivity contribution in [2.45, 2.75) is 25.7 Å². The van der Waals surface area contributed by atoms with E-state index in [0.717, 1.165) is 13.0 Å². The monoisotopic (exact) mass is 406 g/mol. The van der Waals surface area contributed by atoms with Crippen molar-refractivity contribution in [3.8, 4) is 11.5 Å². The zero-order chi connectivity index (χ0) is 19.1. The molecule has 0 unspecified atom stereocenters. The standard InChI is InChI=1S/C21H24Cl2N2O2/c22-17-13-18(23)15-20(14-17)27-19-7-4-6-16(12-19)21(26)24-8-5-11-25-9-2-1-3-10-25/h4,6-7,12-15H,1-3,5,8-11H2,(H,24,26). The third-order valence-corrected chi connectivity index (χ3v) is 4.99. The number of ether oxygens (including phenoxy) is 1. The van der Waals surface area contributed by atoms with Crippen LogP contribution in [-0.2, 0) is 0 Å². The van der Waals surface area contributed by atoms with E-state index in [0.29, 0.717) is 33.7 Å². The molecule has 2 aromatic carbocycles. The molecule has 1 fully saturated rings. The molecule has 0 radical (unpaired) electrons. The van der Waals surface area contributed by atoms with Gasteiger partial charge in [0.25, 0.3) is 5.91 Å². The molecular formula is C21H24Cl2N2O2. The van der Waals surface area contributed by atoms with E-state index in [1.54, 1.807) is 42.5 Å². The number of benzene rings is 2. The molecule has 0 saturated carbocycles. The van der Waals surface area contributed by atoms with Crippen LogP contribution >= 0.6 is 23.2 Å². The molecule has 4 nitrogen and oxygen atoms in total. The molecule has 1 amide bonds. The predicted octanol–water partition coefficient (Wildman–Crippen LogP) is 5.39. The number of carbonyl (C=O) groups is 1. The third kappa shape index (κ3) is 6.42. The average molecular weight is 407 g/mol. The Balaban J connectivity index is 1.50. The third-order valence-electron chi connectivity index (χ3n) is 4.55. The topological polar surface area (TPSA) is 41.6 Å². The second kappa shape index (κ2) is 9.98. The molecule has 0 aromatic heterocycles. The number of carbonyl (C=O) groups excluding carboxylic acids is 1. The number of nitrogens with one attached hydrogen (secondary N) is 1. The quantitative estimate of drug-likeness (QED) is 0.626. The SMILES string of the molecule is O=C(NCCCN1CCCCC1)c1cccc(Oc2cc(Cl)cc(Cl)c2)c1. The predicted molar refractivity (Wildman–Crippen MR) is 110 cm³/mol. The fourth-order valence-corrected chi connectivity index (χ4v) is 3.72. The van der Waals surface area contributed by atoms with Gasteiger partial charge in [-0.05, 0) is 75.3 Å². The lowest BCUT2D eigenvalue weighted by molar-refractivity contribution is 0.0951. The summed E-state index contributed by atoms with van der Waals surface area (Å²) in [7, 11) is 0. The van der Waals surface area contributed by atoms with Crippen LogP contribution in [-0.4, -0.2) is 37.0 Å². The summed E-state index contributed by atoms with van der Waals surface area (Å²) in [4.78, 5) is 14.9. The number of likely N-dealkylation sites (tertiary alicyclic amines) is 1. The Morgan fingerprint density at radius 3 is 2.48 bits per heavy atom. The molecule has 6 heteroatoms. The minimum Gasteiger partial charge on any atom is -0.457 e. The van der Waals surface area contributed by atoms with Crippen LogP contribution in [0.4, 0.5) is 0 Å². The van der Waals surface area contributed by atoms with E-state index in [9.17, 15) is 4.79 Å². The minimum absolute atomic E-state index is 0.0942. The van der Waals surface area contributed by atoms with Gasteiger partial charge in [-0.15, -0.1) is 0 Å². The maximum atomic E-state index is 12.4. The van der Waals surface area contributed by atoms with Crippen molar-refractivity contribution in [2.24, 2.45) is 0 Å². The Kier molecular flexibility index (Phi) is 7.39. The minimum atomic E-state index is -0.0942. The molecule has 0 atom stereocenters. The van der Waals surface area contributed by atoms with Gasteiger partial charge < -0.3 is 15.0 Å². The number of hydrogen-bond acceptors (Lipinski definition) is 3. The summed E-state index contributed by atoms with van der Waals surface area (Å²) in [5.41, 5.74) is 0.568. The van der Waals surface area contributed by atoms with Gasteiger partial charge in [0, 0.05) is 22.2 Å². The Hall–Kier alpha value is -1.75.